The van der Waals surface area contributed by atoms with Gasteiger partial charge in [-0.25, -0.2) is 0 Å². The van der Waals surface area contributed by atoms with E-state index in [9.17, 15) is 0 Å². The number of hydrogen-bond donors (Lipinski definition) is 0. The van der Waals surface area contributed by atoms with Crippen LogP contribution in [0.15, 0.2) is 0 Å². The number of hydrogen-bond acceptors (Lipinski definition) is 3. The summed E-state index contributed by atoms with van der Waals surface area (Å²) >= 11 is 6.25. The normalized spacial score (nSPS) is 12.4. The molecule has 0 aliphatic carbocycles. The molecule has 0 amide bonds. The van der Waals surface area contributed by atoms with Crippen molar-refractivity contribution in [1.29, 1.82) is 0 Å². The lowest BCUT2D eigenvalue weighted by atomic mass is 10.1. The van der Waals surface area contributed by atoms with Crippen LogP contribution in [-0.2, 0) is 9.47 Å². The molecule has 0 bridgehead atoms. The van der Waals surface area contributed by atoms with Gasteiger partial charge in [0, 0.05) is 32.2 Å². The molecule has 0 radical (unpaired) electrons. The number of alkyl halides is 1. The number of unbranched alkanes of at least 4 members (excludes halogenated alkanes) is 29. The lowest BCUT2D eigenvalue weighted by Gasteiger charge is -2.27. The molecule has 3 nitrogen and oxygen atoms in total. The van der Waals surface area contributed by atoms with Crippen LogP contribution in [0.2, 0.25) is 0 Å². The average Bonchev–Trinajstić information content (AvgIpc) is 3.08. The highest BCUT2D eigenvalue weighted by Gasteiger charge is 2.15. The first-order chi connectivity index (χ1) is 23.3. The van der Waals surface area contributed by atoms with E-state index in [-0.39, 0.29) is 6.10 Å². The largest absolute Gasteiger partial charge is 0.379 e. The van der Waals surface area contributed by atoms with Gasteiger partial charge in [0.05, 0.1) is 12.7 Å². The van der Waals surface area contributed by atoms with Crippen LogP contribution in [0.25, 0.3) is 0 Å². The van der Waals surface area contributed by atoms with Gasteiger partial charge in [-0.05, 0) is 25.8 Å². The Bertz CT molecular complexity index is 548. The summed E-state index contributed by atoms with van der Waals surface area (Å²) in [7, 11) is 0. The van der Waals surface area contributed by atoms with E-state index in [0.717, 1.165) is 39.5 Å². The maximum atomic E-state index is 6.50. The molecular weight excluding hydrogens is 598 g/mol. The monoisotopic (exact) mass is 686 g/mol. The molecule has 0 rings (SSSR count). The highest BCUT2D eigenvalue weighted by atomic mass is 35.5. The fourth-order valence-electron chi connectivity index (χ4n) is 6.78. The number of halogens is 1. The van der Waals surface area contributed by atoms with Gasteiger partial charge in [0.25, 0.3) is 0 Å². The molecule has 0 saturated heterocycles. The van der Waals surface area contributed by atoms with Crippen LogP contribution in [0.3, 0.4) is 0 Å². The van der Waals surface area contributed by atoms with E-state index >= 15 is 0 Å². The second-order valence-corrected chi connectivity index (χ2v) is 15.2. The van der Waals surface area contributed by atoms with Crippen molar-refractivity contribution in [1.82, 2.24) is 4.90 Å². The maximum absolute atomic E-state index is 6.50. The van der Waals surface area contributed by atoms with Crippen LogP contribution < -0.4 is 0 Å². The molecular formula is C43H88ClNO2. The maximum Gasteiger partial charge on any atom is 0.0934 e. The SMILES string of the molecule is CCCCCCCCCCCCCCOCC(CN(CCCl)CCCCCCCCCC)OCCCCCCCCCCCCCC. The predicted molar refractivity (Wildman–Crippen MR) is 212 cm³/mol. The first-order valence-electron chi connectivity index (χ1n) is 21.8. The van der Waals surface area contributed by atoms with Crippen molar-refractivity contribution in [3.8, 4) is 0 Å². The van der Waals surface area contributed by atoms with E-state index in [0.29, 0.717) is 5.88 Å². The first-order valence-corrected chi connectivity index (χ1v) is 22.3. The molecule has 0 fully saturated rings. The van der Waals surface area contributed by atoms with E-state index in [1.54, 1.807) is 0 Å². The van der Waals surface area contributed by atoms with E-state index in [4.69, 9.17) is 21.1 Å². The minimum Gasteiger partial charge on any atom is -0.379 e. The molecule has 47 heavy (non-hydrogen) atoms. The zero-order valence-corrected chi connectivity index (χ0v) is 33.6. The van der Waals surface area contributed by atoms with Gasteiger partial charge >= 0.3 is 0 Å². The molecule has 0 heterocycles. The van der Waals surface area contributed by atoms with E-state index in [1.807, 2.05) is 0 Å². The van der Waals surface area contributed by atoms with Gasteiger partial charge in [-0.1, -0.05) is 207 Å². The van der Waals surface area contributed by atoms with Gasteiger partial charge in [0.2, 0.25) is 0 Å². The Morgan fingerprint density at radius 3 is 1.13 bits per heavy atom. The molecule has 1 atom stereocenters. The fourth-order valence-corrected chi connectivity index (χ4v) is 7.02. The van der Waals surface area contributed by atoms with Gasteiger partial charge < -0.3 is 9.47 Å². The molecule has 1 unspecified atom stereocenters. The lowest BCUT2D eigenvalue weighted by molar-refractivity contribution is -0.0338. The Morgan fingerprint density at radius 1 is 0.404 bits per heavy atom. The summed E-state index contributed by atoms with van der Waals surface area (Å²) in [4.78, 5) is 2.55. The quantitative estimate of drug-likeness (QED) is 0.0471. The van der Waals surface area contributed by atoms with Crippen LogP contribution in [0.5, 0.6) is 0 Å². The van der Waals surface area contributed by atoms with Crippen molar-refractivity contribution in [2.45, 2.75) is 232 Å². The predicted octanol–water partition coefficient (Wildman–Crippen LogP) is 14.5. The Kier molecular flexibility index (Phi) is 42.5. The van der Waals surface area contributed by atoms with Crippen LogP contribution in [0.1, 0.15) is 226 Å². The van der Waals surface area contributed by atoms with Crippen molar-refractivity contribution in [3.05, 3.63) is 0 Å². The van der Waals surface area contributed by atoms with Crippen molar-refractivity contribution in [3.63, 3.8) is 0 Å². The van der Waals surface area contributed by atoms with Crippen molar-refractivity contribution < 1.29 is 9.47 Å². The fraction of sp³-hybridized carbons (Fsp3) is 1.00. The molecule has 0 aromatic carbocycles. The first kappa shape index (κ1) is 47.2. The third kappa shape index (κ3) is 38.8. The number of rotatable bonds is 42. The smallest absolute Gasteiger partial charge is 0.0934 e. The third-order valence-electron chi connectivity index (χ3n) is 9.99. The van der Waals surface area contributed by atoms with E-state index < -0.39 is 0 Å². The van der Waals surface area contributed by atoms with Gasteiger partial charge in [0.1, 0.15) is 0 Å². The van der Waals surface area contributed by atoms with Gasteiger partial charge in [-0.15, -0.1) is 11.6 Å². The van der Waals surface area contributed by atoms with Gasteiger partial charge in [-0.2, -0.15) is 0 Å². The Balaban J connectivity index is 4.24. The topological polar surface area (TPSA) is 21.7 Å². The second-order valence-electron chi connectivity index (χ2n) is 14.8. The lowest BCUT2D eigenvalue weighted by Crippen LogP contribution is -2.38. The summed E-state index contributed by atoms with van der Waals surface area (Å²) in [6.07, 6.45) is 44.3. The van der Waals surface area contributed by atoms with Crippen LogP contribution >= 0.6 is 11.6 Å². The summed E-state index contributed by atoms with van der Waals surface area (Å²) in [6.45, 7) is 12.4. The number of nitrogens with zero attached hydrogens (tertiary/aromatic N) is 1. The average molecular weight is 687 g/mol. The summed E-state index contributed by atoms with van der Waals surface area (Å²) in [6, 6.07) is 0. The highest BCUT2D eigenvalue weighted by molar-refractivity contribution is 6.18. The zero-order valence-electron chi connectivity index (χ0n) is 32.8. The van der Waals surface area contributed by atoms with E-state index in [1.165, 1.54) is 205 Å². The summed E-state index contributed by atoms with van der Waals surface area (Å²) < 4.78 is 12.7. The Morgan fingerprint density at radius 2 is 0.745 bits per heavy atom. The van der Waals surface area contributed by atoms with Crippen molar-refractivity contribution >= 4 is 11.6 Å². The third-order valence-corrected chi connectivity index (χ3v) is 10.2. The Labute approximate surface area is 302 Å². The van der Waals surface area contributed by atoms with Gasteiger partial charge in [0.15, 0.2) is 0 Å². The molecule has 0 aliphatic heterocycles. The molecule has 0 spiro atoms. The minimum absolute atomic E-state index is 0.164. The second kappa shape index (κ2) is 42.3. The number of ether oxygens (including phenoxy) is 2. The zero-order chi connectivity index (χ0) is 34.1. The molecule has 0 aliphatic rings. The van der Waals surface area contributed by atoms with E-state index in [2.05, 4.69) is 25.7 Å². The minimum atomic E-state index is 0.164. The Hall–Kier alpha value is 0.170. The van der Waals surface area contributed by atoms with Crippen molar-refractivity contribution in [2.75, 3.05) is 45.3 Å². The van der Waals surface area contributed by atoms with Crippen LogP contribution in [-0.4, -0.2) is 56.3 Å². The summed E-state index contributed by atoms with van der Waals surface area (Å²) in [5.74, 6) is 0.697. The summed E-state index contributed by atoms with van der Waals surface area (Å²) in [5.41, 5.74) is 0. The van der Waals surface area contributed by atoms with Gasteiger partial charge in [-0.3, -0.25) is 4.90 Å². The summed E-state index contributed by atoms with van der Waals surface area (Å²) in [5, 5.41) is 0. The highest BCUT2D eigenvalue weighted by Crippen LogP contribution is 2.15. The molecule has 284 valence electrons. The van der Waals surface area contributed by atoms with Crippen LogP contribution in [0, 0.1) is 0 Å². The van der Waals surface area contributed by atoms with Crippen LogP contribution in [0.4, 0.5) is 0 Å². The standard InChI is InChI=1S/C43H88ClNO2/c1-4-7-10-13-16-19-21-23-25-28-31-34-39-46-42-43(41-45(38-36-44)37-33-30-27-18-15-12-9-6-3)47-40-35-32-29-26-24-22-20-17-14-11-8-5-2/h43H,4-42H2,1-3H3. The molecule has 0 N–H and O–H groups in total. The molecule has 0 aromatic heterocycles. The molecule has 4 heteroatoms. The van der Waals surface area contributed by atoms with Crippen molar-refractivity contribution in [2.24, 2.45) is 0 Å². The molecule has 0 saturated carbocycles. The molecule has 0 aromatic rings.